The number of amides is 1. The van der Waals surface area contributed by atoms with E-state index in [9.17, 15) is 4.79 Å². The van der Waals surface area contributed by atoms with Gasteiger partial charge in [0.05, 0.1) is 0 Å². The fourth-order valence-electron chi connectivity index (χ4n) is 2.80. The van der Waals surface area contributed by atoms with E-state index in [1.807, 2.05) is 12.1 Å². The zero-order valence-electron chi connectivity index (χ0n) is 14.7. The molecule has 2 rings (SSSR count). The third-order valence-corrected chi connectivity index (χ3v) is 4.24. The minimum atomic E-state index is -0.161. The number of nitrogens with one attached hydrogen (secondary N) is 2. The molecule has 1 aliphatic rings. The van der Waals surface area contributed by atoms with Crippen molar-refractivity contribution in [3.05, 3.63) is 40.6 Å². The molecule has 1 aliphatic carbocycles. The van der Waals surface area contributed by atoms with Crippen LogP contribution in [0.25, 0.3) is 0 Å². The highest BCUT2D eigenvalue weighted by Crippen LogP contribution is 2.27. The number of benzene rings is 1. The van der Waals surface area contributed by atoms with Gasteiger partial charge in [0.15, 0.2) is 6.61 Å². The highest BCUT2D eigenvalue weighted by molar-refractivity contribution is 5.77. The Morgan fingerprint density at radius 1 is 1.22 bits per heavy atom. The largest absolute Gasteiger partial charge is 0.483 e. The average molecular weight is 316 g/mol. The summed E-state index contributed by atoms with van der Waals surface area (Å²) in [5.74, 6) is 0.987. The first-order valence-corrected chi connectivity index (χ1v) is 8.44. The number of carbonyl (C=O) groups excluding carboxylic acids is 1. The van der Waals surface area contributed by atoms with Gasteiger partial charge in [-0.2, -0.15) is 0 Å². The highest BCUT2D eigenvalue weighted by atomic mass is 16.5. The number of hydrazine groups is 1. The Hall–Kier alpha value is -1.97. The van der Waals surface area contributed by atoms with Gasteiger partial charge in [-0.1, -0.05) is 37.1 Å². The molecule has 4 heteroatoms. The molecule has 0 saturated heterocycles. The van der Waals surface area contributed by atoms with Crippen molar-refractivity contribution in [2.24, 2.45) is 0 Å². The van der Waals surface area contributed by atoms with Gasteiger partial charge < -0.3 is 10.2 Å². The van der Waals surface area contributed by atoms with Crippen molar-refractivity contribution in [1.29, 1.82) is 0 Å². The lowest BCUT2D eigenvalue weighted by atomic mass is 9.98. The van der Waals surface area contributed by atoms with Crippen molar-refractivity contribution >= 4 is 5.91 Å². The minimum Gasteiger partial charge on any atom is -0.483 e. The number of hydrogen-bond donors (Lipinski definition) is 2. The second-order valence-electron chi connectivity index (χ2n) is 6.62. The Morgan fingerprint density at radius 2 is 1.96 bits per heavy atom. The zero-order chi connectivity index (χ0) is 16.8. The van der Waals surface area contributed by atoms with Crippen molar-refractivity contribution in [2.45, 2.75) is 59.3 Å². The third kappa shape index (κ3) is 5.02. The molecule has 0 spiro atoms. The van der Waals surface area contributed by atoms with Gasteiger partial charge in [0.25, 0.3) is 5.91 Å². The van der Waals surface area contributed by atoms with Crippen molar-refractivity contribution < 1.29 is 9.53 Å². The summed E-state index contributed by atoms with van der Waals surface area (Å²) >= 11 is 0. The maximum Gasteiger partial charge on any atom is 0.276 e. The molecule has 0 atom stereocenters. The van der Waals surface area contributed by atoms with E-state index in [1.165, 1.54) is 24.0 Å². The van der Waals surface area contributed by atoms with Crippen molar-refractivity contribution in [2.75, 3.05) is 6.61 Å². The number of carbonyl (C=O) groups is 1. The number of hydrogen-bond acceptors (Lipinski definition) is 3. The summed E-state index contributed by atoms with van der Waals surface area (Å²) in [7, 11) is 0. The predicted octanol–water partition coefficient (Wildman–Crippen LogP) is 3.97. The fraction of sp³-hybridized carbons (Fsp3) is 0.526. The molecule has 0 aromatic heterocycles. The van der Waals surface area contributed by atoms with Gasteiger partial charge in [-0.15, -0.1) is 0 Å². The number of rotatable bonds is 6. The molecule has 0 unspecified atom stereocenters. The van der Waals surface area contributed by atoms with Crippen LogP contribution in [0.1, 0.15) is 63.5 Å². The molecule has 1 amide bonds. The maximum atomic E-state index is 12.0. The number of ether oxygens (including phenoxy) is 1. The van der Waals surface area contributed by atoms with Crippen molar-refractivity contribution in [3.8, 4) is 5.75 Å². The van der Waals surface area contributed by atoms with Crippen LogP contribution in [0.5, 0.6) is 5.75 Å². The molecule has 2 N–H and O–H groups in total. The Morgan fingerprint density at radius 3 is 2.65 bits per heavy atom. The van der Waals surface area contributed by atoms with E-state index < -0.39 is 0 Å². The van der Waals surface area contributed by atoms with Gasteiger partial charge in [0.1, 0.15) is 5.75 Å². The molecule has 0 radical (unpaired) electrons. The summed E-state index contributed by atoms with van der Waals surface area (Å²) in [6.07, 6.45) is 4.52. The molecule has 1 aromatic rings. The van der Waals surface area contributed by atoms with Crippen LogP contribution < -0.4 is 15.6 Å². The van der Waals surface area contributed by atoms with Crippen molar-refractivity contribution in [3.63, 3.8) is 0 Å². The molecular formula is C19H28N2O2. The molecule has 0 saturated carbocycles. The molecule has 126 valence electrons. The first kappa shape index (κ1) is 17.4. The van der Waals surface area contributed by atoms with Crippen LogP contribution in [0.3, 0.4) is 0 Å². The Bertz CT molecular complexity index is 591. The number of aryl methyl sites for hydroxylation is 1. The van der Waals surface area contributed by atoms with Crippen LogP contribution >= 0.6 is 0 Å². The van der Waals surface area contributed by atoms with E-state index >= 15 is 0 Å². The van der Waals surface area contributed by atoms with Crippen LogP contribution in [0.4, 0.5) is 0 Å². The maximum absolute atomic E-state index is 12.0. The van der Waals surface area contributed by atoms with E-state index in [0.717, 1.165) is 29.9 Å². The van der Waals surface area contributed by atoms with Crippen molar-refractivity contribution in [1.82, 2.24) is 10.9 Å². The molecule has 23 heavy (non-hydrogen) atoms. The topological polar surface area (TPSA) is 50.4 Å². The van der Waals surface area contributed by atoms with Gasteiger partial charge in [-0.3, -0.25) is 10.2 Å². The van der Waals surface area contributed by atoms with Crippen LogP contribution in [0.15, 0.2) is 29.5 Å². The lowest BCUT2D eigenvalue weighted by Gasteiger charge is -2.20. The summed E-state index contributed by atoms with van der Waals surface area (Å²) in [6, 6.07) is 6.07. The SMILES string of the molecule is CC1=C(NNC(=O)COc2ccc(C)cc2C(C)C)CCCC1. The summed E-state index contributed by atoms with van der Waals surface area (Å²) in [6.45, 7) is 8.45. The van der Waals surface area contributed by atoms with E-state index in [-0.39, 0.29) is 12.5 Å². The summed E-state index contributed by atoms with van der Waals surface area (Å²) in [5.41, 5.74) is 10.6. The summed E-state index contributed by atoms with van der Waals surface area (Å²) < 4.78 is 5.71. The van der Waals surface area contributed by atoms with Crippen LogP contribution in [0.2, 0.25) is 0 Å². The molecule has 0 bridgehead atoms. The standard InChI is InChI=1S/C19H28N2O2/c1-13(2)16-11-14(3)9-10-18(16)23-12-19(22)21-20-17-8-6-5-7-15(17)4/h9-11,13,20H,5-8,12H2,1-4H3,(H,21,22). The van der Waals surface area contributed by atoms with Gasteiger partial charge >= 0.3 is 0 Å². The minimum absolute atomic E-state index is 0.0160. The summed E-state index contributed by atoms with van der Waals surface area (Å²) in [5, 5.41) is 0. The molecule has 0 heterocycles. The van der Waals surface area contributed by atoms with Crippen LogP contribution in [0, 0.1) is 6.92 Å². The number of allylic oxidation sites excluding steroid dienone is 2. The average Bonchev–Trinajstić information content (AvgIpc) is 2.52. The van der Waals surface area contributed by atoms with E-state index in [2.05, 4.69) is 44.6 Å². The van der Waals surface area contributed by atoms with E-state index in [0.29, 0.717) is 5.92 Å². The highest BCUT2D eigenvalue weighted by Gasteiger charge is 2.12. The molecule has 4 nitrogen and oxygen atoms in total. The third-order valence-electron chi connectivity index (χ3n) is 4.24. The monoisotopic (exact) mass is 316 g/mol. The fourth-order valence-corrected chi connectivity index (χ4v) is 2.80. The zero-order valence-corrected chi connectivity index (χ0v) is 14.7. The van der Waals surface area contributed by atoms with E-state index in [4.69, 9.17) is 4.74 Å². The second-order valence-corrected chi connectivity index (χ2v) is 6.62. The Labute approximate surface area is 139 Å². The molecule has 0 fully saturated rings. The van der Waals surface area contributed by atoms with Crippen LogP contribution in [-0.4, -0.2) is 12.5 Å². The first-order valence-electron chi connectivity index (χ1n) is 8.44. The smallest absolute Gasteiger partial charge is 0.276 e. The second kappa shape index (κ2) is 8.04. The molecule has 0 aliphatic heterocycles. The van der Waals surface area contributed by atoms with E-state index in [1.54, 1.807) is 0 Å². The summed E-state index contributed by atoms with van der Waals surface area (Å²) in [4.78, 5) is 12.0. The quantitative estimate of drug-likeness (QED) is 0.781. The lowest BCUT2D eigenvalue weighted by Crippen LogP contribution is -2.40. The van der Waals surface area contributed by atoms with Gasteiger partial charge in [-0.25, -0.2) is 0 Å². The predicted molar refractivity (Wildman–Crippen MR) is 93.2 cm³/mol. The Kier molecular flexibility index (Phi) is 6.08. The first-order chi connectivity index (χ1) is 11.0. The molecule has 1 aromatic carbocycles. The normalized spacial score (nSPS) is 14.8. The lowest BCUT2D eigenvalue weighted by molar-refractivity contribution is -0.123. The van der Waals surface area contributed by atoms with Gasteiger partial charge in [0, 0.05) is 5.70 Å². The van der Waals surface area contributed by atoms with Crippen LogP contribution in [-0.2, 0) is 4.79 Å². The van der Waals surface area contributed by atoms with Gasteiger partial charge in [-0.05, 0) is 57.1 Å². The molecular weight excluding hydrogens is 288 g/mol. The van der Waals surface area contributed by atoms with Gasteiger partial charge in [0.2, 0.25) is 0 Å². The Balaban J connectivity index is 1.87.